The summed E-state index contributed by atoms with van der Waals surface area (Å²) in [6, 6.07) is 0. The topological polar surface area (TPSA) is 0 Å². The Balaban J connectivity index is 4.39. The van der Waals surface area contributed by atoms with Gasteiger partial charge in [0.2, 0.25) is 0 Å². The largest absolute Gasteiger partial charge is 0.0654 e. The number of hydrogen-bond acceptors (Lipinski definition) is 0. The molecule has 0 atom stereocenters. The molecule has 0 rings (SSSR count). The molecule has 0 aromatic rings. The van der Waals surface area contributed by atoms with E-state index in [4.69, 9.17) is 0 Å². The third kappa shape index (κ3) is 17.0. The van der Waals surface area contributed by atoms with Crippen molar-refractivity contribution in [2.75, 3.05) is 24.6 Å². The van der Waals surface area contributed by atoms with Crippen LogP contribution in [0.2, 0.25) is 0 Å². The van der Waals surface area contributed by atoms with Gasteiger partial charge in [0.15, 0.2) is 0 Å². The van der Waals surface area contributed by atoms with E-state index >= 15 is 0 Å². The molecule has 1 heteroatoms. The minimum Gasteiger partial charge on any atom is -0.0654 e. The SMILES string of the molecule is CCCCCCCC[P+](CCC)(CCCCCCC)CCCCCCCC. The normalized spacial score (nSPS) is 12.0. The van der Waals surface area contributed by atoms with Gasteiger partial charge < -0.3 is 0 Å². The zero-order valence-electron chi connectivity index (χ0n) is 20.0. The Labute approximate surface area is 175 Å². The predicted molar refractivity (Wildman–Crippen MR) is 132 cm³/mol. The summed E-state index contributed by atoms with van der Waals surface area (Å²) >= 11 is 0. The van der Waals surface area contributed by atoms with E-state index < -0.39 is 7.26 Å². The van der Waals surface area contributed by atoms with Crippen molar-refractivity contribution in [1.29, 1.82) is 0 Å². The van der Waals surface area contributed by atoms with Gasteiger partial charge in [0.25, 0.3) is 0 Å². The molecule has 0 N–H and O–H groups in total. The van der Waals surface area contributed by atoms with E-state index in [1.54, 1.807) is 43.9 Å². The molecule has 0 nitrogen and oxygen atoms in total. The van der Waals surface area contributed by atoms with Crippen LogP contribution in [0.5, 0.6) is 0 Å². The van der Waals surface area contributed by atoms with E-state index in [0.717, 1.165) is 0 Å². The van der Waals surface area contributed by atoms with Gasteiger partial charge in [0.05, 0.1) is 24.6 Å². The van der Waals surface area contributed by atoms with Crippen molar-refractivity contribution in [2.45, 2.75) is 143 Å². The van der Waals surface area contributed by atoms with Crippen molar-refractivity contribution in [2.24, 2.45) is 0 Å². The van der Waals surface area contributed by atoms with E-state index in [1.807, 2.05) is 0 Å². The molecule has 0 unspecified atom stereocenters. The summed E-state index contributed by atoms with van der Waals surface area (Å²) in [5, 5.41) is 0. The average Bonchev–Trinajstić information content (AvgIpc) is 2.67. The van der Waals surface area contributed by atoms with Gasteiger partial charge in [-0.15, -0.1) is 0 Å². The van der Waals surface area contributed by atoms with Gasteiger partial charge in [-0.2, -0.15) is 0 Å². The highest BCUT2D eigenvalue weighted by atomic mass is 31.2. The number of unbranched alkanes of at least 4 members (excludes halogenated alkanes) is 14. The van der Waals surface area contributed by atoms with Crippen LogP contribution in [0.1, 0.15) is 143 Å². The summed E-state index contributed by atoms with van der Waals surface area (Å²) in [6.07, 6.45) is 33.0. The Bertz CT molecular complexity index is 257. The van der Waals surface area contributed by atoms with Gasteiger partial charge >= 0.3 is 0 Å². The quantitative estimate of drug-likeness (QED) is 0.125. The fourth-order valence-electron chi connectivity index (χ4n) is 4.65. The van der Waals surface area contributed by atoms with E-state index in [9.17, 15) is 0 Å². The molecule has 0 saturated heterocycles. The van der Waals surface area contributed by atoms with Crippen LogP contribution in [0.3, 0.4) is 0 Å². The second-order valence-corrected chi connectivity index (χ2v) is 13.7. The third-order valence-electron chi connectivity index (χ3n) is 6.41. The van der Waals surface area contributed by atoms with Crippen LogP contribution in [-0.4, -0.2) is 24.6 Å². The van der Waals surface area contributed by atoms with E-state index in [2.05, 4.69) is 27.7 Å². The molecule has 0 aliphatic carbocycles. The lowest BCUT2D eigenvalue weighted by molar-refractivity contribution is 0.618. The standard InChI is InChI=1S/C26H56P/c1-5-9-12-15-18-21-25-27(23-8-4,24-20-17-14-11-7-3)26-22-19-16-13-10-6-2/h5-26H2,1-4H3/q+1. The fourth-order valence-corrected chi connectivity index (χ4v) is 9.62. The summed E-state index contributed by atoms with van der Waals surface area (Å²) in [6.45, 7) is 9.45. The maximum absolute atomic E-state index is 2.45. The smallest absolute Gasteiger partial charge is 0.0594 e. The summed E-state index contributed by atoms with van der Waals surface area (Å²) in [7, 11) is -0.656. The van der Waals surface area contributed by atoms with Gasteiger partial charge in [0, 0.05) is 7.26 Å². The van der Waals surface area contributed by atoms with Crippen molar-refractivity contribution < 1.29 is 0 Å². The summed E-state index contributed by atoms with van der Waals surface area (Å²) < 4.78 is 0. The van der Waals surface area contributed by atoms with E-state index in [0.29, 0.717) is 0 Å². The Morgan fingerprint density at radius 1 is 0.296 bits per heavy atom. The molecule has 0 aromatic heterocycles. The third-order valence-corrected chi connectivity index (χ3v) is 11.6. The number of rotatable bonds is 22. The second-order valence-electron chi connectivity index (χ2n) is 9.19. The molecule has 0 fully saturated rings. The van der Waals surface area contributed by atoms with Crippen molar-refractivity contribution in [3.8, 4) is 0 Å². The molecule has 164 valence electrons. The van der Waals surface area contributed by atoms with Gasteiger partial charge in [-0.05, 0) is 44.9 Å². The molecule has 0 saturated carbocycles. The van der Waals surface area contributed by atoms with E-state index in [-0.39, 0.29) is 0 Å². The van der Waals surface area contributed by atoms with Crippen LogP contribution in [0.25, 0.3) is 0 Å². The van der Waals surface area contributed by atoms with E-state index in [1.165, 1.54) is 96.3 Å². The fraction of sp³-hybridized carbons (Fsp3) is 1.00. The van der Waals surface area contributed by atoms with Crippen molar-refractivity contribution in [3.63, 3.8) is 0 Å². The van der Waals surface area contributed by atoms with Crippen molar-refractivity contribution in [3.05, 3.63) is 0 Å². The van der Waals surface area contributed by atoms with Crippen LogP contribution >= 0.6 is 7.26 Å². The average molecular weight is 400 g/mol. The van der Waals surface area contributed by atoms with Crippen LogP contribution in [0, 0.1) is 0 Å². The molecular weight excluding hydrogens is 343 g/mol. The first kappa shape index (κ1) is 27.4. The second kappa shape index (κ2) is 21.1. The lowest BCUT2D eigenvalue weighted by Crippen LogP contribution is -2.13. The monoisotopic (exact) mass is 399 g/mol. The van der Waals surface area contributed by atoms with Crippen molar-refractivity contribution in [1.82, 2.24) is 0 Å². The summed E-state index contributed by atoms with van der Waals surface area (Å²) in [4.78, 5) is 0. The highest BCUT2D eigenvalue weighted by Gasteiger charge is 2.34. The highest BCUT2D eigenvalue weighted by molar-refractivity contribution is 7.75. The molecule has 0 heterocycles. The van der Waals surface area contributed by atoms with Crippen LogP contribution in [-0.2, 0) is 0 Å². The Morgan fingerprint density at radius 3 is 0.889 bits per heavy atom. The van der Waals surface area contributed by atoms with Crippen molar-refractivity contribution >= 4 is 7.26 Å². The molecule has 0 aromatic carbocycles. The zero-order valence-corrected chi connectivity index (χ0v) is 20.9. The van der Waals surface area contributed by atoms with Crippen LogP contribution in [0.4, 0.5) is 0 Å². The molecule has 0 aliphatic rings. The summed E-state index contributed by atoms with van der Waals surface area (Å²) in [5.41, 5.74) is 0. The first-order valence-electron chi connectivity index (χ1n) is 13.1. The Hall–Kier alpha value is 0.430. The molecule has 0 bridgehead atoms. The lowest BCUT2D eigenvalue weighted by Gasteiger charge is -2.28. The predicted octanol–water partition coefficient (Wildman–Crippen LogP) is 10.1. The first-order valence-corrected chi connectivity index (χ1v) is 15.6. The zero-order chi connectivity index (χ0) is 20.1. The maximum Gasteiger partial charge on any atom is 0.0594 e. The van der Waals surface area contributed by atoms with Gasteiger partial charge in [-0.3, -0.25) is 0 Å². The molecule has 0 aliphatic heterocycles. The first-order chi connectivity index (χ1) is 13.2. The van der Waals surface area contributed by atoms with Gasteiger partial charge in [-0.1, -0.05) is 98.3 Å². The highest BCUT2D eigenvalue weighted by Crippen LogP contribution is 2.61. The van der Waals surface area contributed by atoms with Gasteiger partial charge in [0.1, 0.15) is 0 Å². The molecule has 0 radical (unpaired) electrons. The minimum absolute atomic E-state index is 0.656. The number of hydrogen-bond donors (Lipinski definition) is 0. The van der Waals surface area contributed by atoms with Crippen LogP contribution in [0.15, 0.2) is 0 Å². The Morgan fingerprint density at radius 2 is 0.593 bits per heavy atom. The molecular formula is C26H56P+. The minimum atomic E-state index is -0.656. The molecule has 0 spiro atoms. The lowest BCUT2D eigenvalue weighted by atomic mass is 10.1. The van der Waals surface area contributed by atoms with Crippen LogP contribution < -0.4 is 0 Å². The molecule has 0 amide bonds. The maximum atomic E-state index is 2.45. The Kier molecular flexibility index (Phi) is 21.5. The molecule has 27 heavy (non-hydrogen) atoms. The summed E-state index contributed by atoms with van der Waals surface area (Å²) in [5.74, 6) is 0. The van der Waals surface area contributed by atoms with Gasteiger partial charge in [-0.25, -0.2) is 0 Å².